The minimum Gasteiger partial charge on any atom is -0.463 e. The third kappa shape index (κ3) is 3.92. The topological polar surface area (TPSA) is 24.8 Å². The Hall–Kier alpha value is -1.82. The predicted octanol–water partition coefficient (Wildman–Crippen LogP) is 8.23. The fraction of sp³-hybridized carbons (Fsp3) is 0.240. The van der Waals surface area contributed by atoms with E-state index in [0.717, 1.165) is 48.5 Å². The Morgan fingerprint density at radius 3 is 2.42 bits per heavy atom. The van der Waals surface area contributed by atoms with E-state index < -0.39 is 0 Å². The monoisotopic (exact) mass is 558 g/mol. The van der Waals surface area contributed by atoms with Gasteiger partial charge in [0.15, 0.2) is 0 Å². The fourth-order valence-corrected chi connectivity index (χ4v) is 5.67. The number of halogens is 3. The van der Waals surface area contributed by atoms with Crippen LogP contribution in [-0.4, -0.2) is 10.7 Å². The lowest BCUT2D eigenvalue weighted by atomic mass is 9.95. The van der Waals surface area contributed by atoms with Crippen LogP contribution in [0.15, 0.2) is 74.7 Å². The number of hydrazone groups is 1. The number of nitrogens with zero attached hydrogens (tertiary/aromatic N) is 2. The maximum Gasteiger partial charge on any atom is 0.213 e. The van der Waals surface area contributed by atoms with E-state index in [4.69, 9.17) is 21.4 Å². The van der Waals surface area contributed by atoms with Gasteiger partial charge in [0.25, 0.3) is 0 Å². The first-order valence-electron chi connectivity index (χ1n) is 10.3. The highest BCUT2D eigenvalue weighted by Crippen LogP contribution is 2.50. The SMILES string of the molecule is CC(C)c1ccc(C2Oc3c(Br)cc(Br)cc3C3CC(c4ccc(Cl)cc4)=NN32)cc1. The molecule has 0 spiro atoms. The van der Waals surface area contributed by atoms with Crippen LogP contribution in [0.25, 0.3) is 0 Å². The standard InChI is InChI=1S/C25H21Br2ClN2O/c1-14(2)15-3-5-17(6-4-15)25-30-23(20-11-18(26)12-21(27)24(20)31-25)13-22(29-30)16-7-9-19(28)10-8-16/h3-12,14,23,25H,13H2,1-2H3. The lowest BCUT2D eigenvalue weighted by molar-refractivity contribution is -0.0197. The van der Waals surface area contributed by atoms with E-state index in [1.54, 1.807) is 0 Å². The van der Waals surface area contributed by atoms with E-state index in [2.05, 4.69) is 81.0 Å². The molecule has 3 aromatic carbocycles. The molecule has 0 saturated carbocycles. The van der Waals surface area contributed by atoms with E-state index in [1.165, 1.54) is 5.56 Å². The van der Waals surface area contributed by atoms with Gasteiger partial charge < -0.3 is 4.74 Å². The van der Waals surface area contributed by atoms with E-state index in [0.29, 0.717) is 5.92 Å². The molecule has 2 heterocycles. The van der Waals surface area contributed by atoms with Crippen LogP contribution in [0.3, 0.4) is 0 Å². The molecule has 0 aromatic heterocycles. The van der Waals surface area contributed by atoms with Crippen molar-refractivity contribution in [3.8, 4) is 5.75 Å². The van der Waals surface area contributed by atoms with Crippen LogP contribution in [0, 0.1) is 0 Å². The van der Waals surface area contributed by atoms with Crippen molar-refractivity contribution in [1.82, 2.24) is 5.01 Å². The van der Waals surface area contributed by atoms with Crippen molar-refractivity contribution in [2.75, 3.05) is 0 Å². The van der Waals surface area contributed by atoms with Gasteiger partial charge in [0, 0.05) is 27.0 Å². The molecule has 3 aromatic rings. The molecule has 0 bridgehead atoms. The Kier molecular flexibility index (Phi) is 5.61. The van der Waals surface area contributed by atoms with Crippen LogP contribution in [0.4, 0.5) is 0 Å². The number of hydrogen-bond donors (Lipinski definition) is 0. The van der Waals surface area contributed by atoms with Gasteiger partial charge in [-0.15, -0.1) is 0 Å². The number of hydrogen-bond acceptors (Lipinski definition) is 3. The lowest BCUT2D eigenvalue weighted by Crippen LogP contribution is -2.34. The zero-order chi connectivity index (χ0) is 21.7. The smallest absolute Gasteiger partial charge is 0.213 e. The minimum atomic E-state index is -0.291. The lowest BCUT2D eigenvalue weighted by Gasteiger charge is -2.38. The summed E-state index contributed by atoms with van der Waals surface area (Å²) in [5.74, 6) is 1.37. The molecule has 0 fully saturated rings. The van der Waals surface area contributed by atoms with Crippen molar-refractivity contribution in [2.45, 2.75) is 38.5 Å². The van der Waals surface area contributed by atoms with E-state index in [9.17, 15) is 0 Å². The molecule has 0 saturated heterocycles. The van der Waals surface area contributed by atoms with Crippen molar-refractivity contribution < 1.29 is 4.74 Å². The first-order chi connectivity index (χ1) is 14.9. The average molecular weight is 561 g/mol. The van der Waals surface area contributed by atoms with E-state index >= 15 is 0 Å². The van der Waals surface area contributed by atoms with Gasteiger partial charge in [-0.05, 0) is 57.2 Å². The van der Waals surface area contributed by atoms with Crippen molar-refractivity contribution in [1.29, 1.82) is 0 Å². The van der Waals surface area contributed by atoms with Crippen LogP contribution in [0.2, 0.25) is 5.02 Å². The zero-order valence-electron chi connectivity index (χ0n) is 17.1. The molecule has 3 nitrogen and oxygen atoms in total. The highest BCUT2D eigenvalue weighted by Gasteiger charge is 2.42. The molecule has 2 aliphatic rings. The van der Waals surface area contributed by atoms with Crippen LogP contribution in [0.5, 0.6) is 5.75 Å². The Balaban J connectivity index is 1.59. The number of benzene rings is 3. The highest BCUT2D eigenvalue weighted by atomic mass is 79.9. The van der Waals surface area contributed by atoms with Crippen LogP contribution in [-0.2, 0) is 0 Å². The first kappa shape index (κ1) is 21.0. The fourth-order valence-electron chi connectivity index (χ4n) is 4.20. The second kappa shape index (κ2) is 8.27. The normalized spacial score (nSPS) is 19.7. The second-order valence-electron chi connectivity index (χ2n) is 8.25. The molecule has 2 atom stereocenters. The van der Waals surface area contributed by atoms with Gasteiger partial charge in [-0.1, -0.05) is 77.8 Å². The third-order valence-corrected chi connectivity index (χ3v) is 7.17. The van der Waals surface area contributed by atoms with Crippen molar-refractivity contribution in [3.05, 3.63) is 96.9 Å². The summed E-state index contributed by atoms with van der Waals surface area (Å²) >= 11 is 13.4. The molecule has 0 aliphatic carbocycles. The van der Waals surface area contributed by atoms with Crippen LogP contribution >= 0.6 is 43.5 Å². The molecule has 0 amide bonds. The molecule has 5 rings (SSSR count). The Morgan fingerprint density at radius 2 is 1.74 bits per heavy atom. The molecule has 31 heavy (non-hydrogen) atoms. The third-order valence-electron chi connectivity index (χ3n) is 5.87. The molecule has 158 valence electrons. The highest BCUT2D eigenvalue weighted by molar-refractivity contribution is 9.11. The van der Waals surface area contributed by atoms with Gasteiger partial charge in [0.1, 0.15) is 5.75 Å². The Bertz CT molecular complexity index is 1160. The Morgan fingerprint density at radius 1 is 1.03 bits per heavy atom. The Labute approximate surface area is 204 Å². The molecular formula is C25H21Br2ClN2O. The van der Waals surface area contributed by atoms with Crippen LogP contribution < -0.4 is 4.74 Å². The summed E-state index contributed by atoms with van der Waals surface area (Å²) < 4.78 is 8.51. The number of ether oxygens (including phenoxy) is 1. The maximum atomic E-state index is 6.55. The summed E-state index contributed by atoms with van der Waals surface area (Å²) in [5.41, 5.74) is 5.66. The van der Waals surface area contributed by atoms with Gasteiger partial charge in [-0.3, -0.25) is 0 Å². The number of fused-ring (bicyclic) bond motifs is 3. The predicted molar refractivity (Wildman–Crippen MR) is 133 cm³/mol. The summed E-state index contributed by atoms with van der Waals surface area (Å²) in [6, 6.07) is 20.8. The molecule has 0 radical (unpaired) electrons. The second-order valence-corrected chi connectivity index (χ2v) is 10.5. The molecule has 2 unspecified atom stereocenters. The average Bonchev–Trinajstić information content (AvgIpc) is 3.19. The minimum absolute atomic E-state index is 0.0954. The summed E-state index contributed by atoms with van der Waals surface area (Å²) in [5, 5.41) is 7.87. The van der Waals surface area contributed by atoms with Gasteiger partial charge in [0.2, 0.25) is 6.23 Å². The van der Waals surface area contributed by atoms with Gasteiger partial charge in [-0.2, -0.15) is 5.10 Å². The quantitative estimate of drug-likeness (QED) is 0.322. The van der Waals surface area contributed by atoms with E-state index in [1.807, 2.05) is 30.3 Å². The van der Waals surface area contributed by atoms with E-state index in [-0.39, 0.29) is 12.3 Å². The van der Waals surface area contributed by atoms with Gasteiger partial charge in [-0.25, -0.2) is 5.01 Å². The molecule has 0 N–H and O–H groups in total. The maximum absolute atomic E-state index is 6.55. The van der Waals surface area contributed by atoms with Crippen molar-refractivity contribution in [2.24, 2.45) is 5.10 Å². The van der Waals surface area contributed by atoms with Gasteiger partial charge >= 0.3 is 0 Å². The first-order valence-corrected chi connectivity index (χ1v) is 12.2. The largest absolute Gasteiger partial charge is 0.463 e. The zero-order valence-corrected chi connectivity index (χ0v) is 21.1. The molecular weight excluding hydrogens is 540 g/mol. The number of rotatable bonds is 3. The summed E-state index contributed by atoms with van der Waals surface area (Å²) in [7, 11) is 0. The summed E-state index contributed by atoms with van der Waals surface area (Å²) in [6.07, 6.45) is 0.516. The molecule has 2 aliphatic heterocycles. The molecule has 6 heteroatoms. The summed E-state index contributed by atoms with van der Waals surface area (Å²) in [6.45, 7) is 4.41. The van der Waals surface area contributed by atoms with Crippen molar-refractivity contribution >= 4 is 49.2 Å². The van der Waals surface area contributed by atoms with Crippen LogP contribution in [0.1, 0.15) is 60.7 Å². The van der Waals surface area contributed by atoms with Gasteiger partial charge in [0.05, 0.1) is 16.2 Å². The summed E-state index contributed by atoms with van der Waals surface area (Å²) in [4.78, 5) is 0. The van der Waals surface area contributed by atoms with Crippen molar-refractivity contribution in [3.63, 3.8) is 0 Å².